The number of esters is 1. The van der Waals surface area contributed by atoms with E-state index in [1.807, 2.05) is 27.7 Å². The molecule has 1 rings (SSSR count). The number of ether oxygens (including phenoxy) is 1. The highest BCUT2D eigenvalue weighted by molar-refractivity contribution is 5.69. The van der Waals surface area contributed by atoms with Crippen molar-refractivity contribution in [1.82, 2.24) is 0 Å². The molecule has 124 valence electrons. The number of hydrogen-bond acceptors (Lipinski definition) is 3. The van der Waals surface area contributed by atoms with Crippen molar-refractivity contribution in [2.75, 3.05) is 0 Å². The normalized spacial score (nSPS) is 27.3. The van der Waals surface area contributed by atoms with Gasteiger partial charge in [-0.2, -0.15) is 0 Å². The third-order valence-corrected chi connectivity index (χ3v) is 4.49. The molecule has 0 atom stereocenters. The Kier molecular flexibility index (Phi) is 6.67. The molecular formula is C17H33NO3. The Balaban J connectivity index is 2.39. The van der Waals surface area contributed by atoms with Crippen LogP contribution in [0.1, 0.15) is 86.0 Å². The lowest BCUT2D eigenvalue weighted by Crippen LogP contribution is -3.23. The molecule has 1 fully saturated rings. The minimum Gasteiger partial charge on any atom is -0.634 e. The second-order valence-electron chi connectivity index (χ2n) is 7.78. The molecule has 0 radical (unpaired) electrons. The summed E-state index contributed by atoms with van der Waals surface area (Å²) in [5, 5.41) is 12.6. The minimum absolute atomic E-state index is 0.0996. The minimum atomic E-state index is -0.395. The molecule has 1 N–H and O–H groups in total. The van der Waals surface area contributed by atoms with Crippen LogP contribution in [0.5, 0.6) is 0 Å². The summed E-state index contributed by atoms with van der Waals surface area (Å²) in [7, 11) is 0. The van der Waals surface area contributed by atoms with Gasteiger partial charge in [-0.3, -0.25) is 4.79 Å². The SMILES string of the molecule is CCCCCCCC(=O)OC1CC(C)(C)[NH+]([O-])C(C)(C)C1. The molecule has 21 heavy (non-hydrogen) atoms. The van der Waals surface area contributed by atoms with E-state index in [2.05, 4.69) is 6.92 Å². The molecular weight excluding hydrogens is 266 g/mol. The number of hydroxylamine groups is 2. The summed E-state index contributed by atoms with van der Waals surface area (Å²) in [6.07, 6.45) is 7.35. The maximum Gasteiger partial charge on any atom is 0.306 e. The summed E-state index contributed by atoms with van der Waals surface area (Å²) < 4.78 is 5.63. The number of carbonyl (C=O) groups excluding carboxylic acids is 1. The smallest absolute Gasteiger partial charge is 0.306 e. The van der Waals surface area contributed by atoms with E-state index in [1.54, 1.807) is 0 Å². The molecule has 1 aliphatic heterocycles. The van der Waals surface area contributed by atoms with Crippen molar-refractivity contribution in [2.24, 2.45) is 0 Å². The molecule has 0 aliphatic carbocycles. The van der Waals surface area contributed by atoms with Crippen LogP contribution in [-0.2, 0) is 9.53 Å². The summed E-state index contributed by atoms with van der Waals surface area (Å²) >= 11 is 0. The highest BCUT2D eigenvalue weighted by Crippen LogP contribution is 2.26. The molecule has 4 nitrogen and oxygen atoms in total. The molecule has 0 aromatic carbocycles. The zero-order chi connectivity index (χ0) is 16.1. The van der Waals surface area contributed by atoms with Crippen LogP contribution in [-0.4, -0.2) is 23.2 Å². The largest absolute Gasteiger partial charge is 0.634 e. The molecule has 4 heteroatoms. The Bertz CT molecular complexity index is 321. The van der Waals surface area contributed by atoms with Gasteiger partial charge in [0.1, 0.15) is 6.10 Å². The number of quaternary nitrogens is 1. The maximum atomic E-state index is 12.3. The molecule has 0 bridgehead atoms. The molecule has 0 saturated carbocycles. The fourth-order valence-corrected chi connectivity index (χ4v) is 3.51. The monoisotopic (exact) mass is 299 g/mol. The second-order valence-corrected chi connectivity index (χ2v) is 7.78. The van der Waals surface area contributed by atoms with Crippen LogP contribution >= 0.6 is 0 Å². The zero-order valence-electron chi connectivity index (χ0n) is 14.5. The van der Waals surface area contributed by atoms with Crippen molar-refractivity contribution in [3.8, 4) is 0 Å². The topological polar surface area (TPSA) is 53.8 Å². The van der Waals surface area contributed by atoms with Gasteiger partial charge in [-0.25, -0.2) is 0 Å². The zero-order valence-corrected chi connectivity index (χ0v) is 14.5. The predicted molar refractivity (Wildman–Crippen MR) is 85.0 cm³/mol. The Labute approximate surface area is 129 Å². The van der Waals surface area contributed by atoms with Gasteiger partial charge in [0.2, 0.25) is 0 Å². The average molecular weight is 299 g/mol. The van der Waals surface area contributed by atoms with E-state index in [0.717, 1.165) is 12.8 Å². The van der Waals surface area contributed by atoms with Gasteiger partial charge in [-0.05, 0) is 34.1 Å². The Morgan fingerprint density at radius 3 is 2.14 bits per heavy atom. The van der Waals surface area contributed by atoms with Gasteiger partial charge in [0.25, 0.3) is 0 Å². The lowest BCUT2D eigenvalue weighted by molar-refractivity contribution is -0.956. The van der Waals surface area contributed by atoms with Crippen molar-refractivity contribution in [2.45, 2.75) is 103 Å². The van der Waals surface area contributed by atoms with Crippen molar-refractivity contribution in [3.05, 3.63) is 5.21 Å². The summed E-state index contributed by atoms with van der Waals surface area (Å²) in [4.78, 5) is 11.9. The number of carbonyl (C=O) groups is 1. The van der Waals surface area contributed by atoms with Crippen molar-refractivity contribution in [3.63, 3.8) is 0 Å². The molecule has 1 saturated heterocycles. The Morgan fingerprint density at radius 2 is 1.62 bits per heavy atom. The van der Waals surface area contributed by atoms with Crippen molar-refractivity contribution < 1.29 is 14.6 Å². The van der Waals surface area contributed by atoms with Crippen LogP contribution < -0.4 is 5.06 Å². The van der Waals surface area contributed by atoms with E-state index in [0.29, 0.717) is 19.3 Å². The van der Waals surface area contributed by atoms with Gasteiger partial charge in [0.15, 0.2) is 0 Å². The maximum absolute atomic E-state index is 12.3. The number of unbranched alkanes of at least 4 members (excludes halogenated alkanes) is 4. The molecule has 0 aromatic rings. The molecule has 0 unspecified atom stereocenters. The second kappa shape index (κ2) is 7.59. The Hall–Kier alpha value is -0.610. The summed E-state index contributed by atoms with van der Waals surface area (Å²) in [6, 6.07) is 0. The molecule has 0 amide bonds. The quantitative estimate of drug-likeness (QED) is 0.447. The average Bonchev–Trinajstić information content (AvgIpc) is 2.35. The molecule has 0 spiro atoms. The van der Waals surface area contributed by atoms with Crippen molar-refractivity contribution in [1.29, 1.82) is 0 Å². The van der Waals surface area contributed by atoms with Crippen molar-refractivity contribution >= 4 is 5.97 Å². The fourth-order valence-electron chi connectivity index (χ4n) is 3.51. The number of nitrogens with one attached hydrogen (secondary N) is 1. The van der Waals surface area contributed by atoms with Gasteiger partial charge in [-0.15, -0.1) is 0 Å². The van der Waals surface area contributed by atoms with E-state index in [-0.39, 0.29) is 17.1 Å². The summed E-state index contributed by atoms with van der Waals surface area (Å²) in [6.45, 7) is 10.0. The first-order chi connectivity index (χ1) is 9.69. The highest BCUT2D eigenvalue weighted by Gasteiger charge is 2.46. The van der Waals surface area contributed by atoms with Crippen LogP contribution in [0.25, 0.3) is 0 Å². The van der Waals surface area contributed by atoms with Gasteiger partial charge in [-0.1, -0.05) is 32.6 Å². The number of rotatable bonds is 7. The van der Waals surface area contributed by atoms with E-state index in [4.69, 9.17) is 4.74 Å². The molecule has 1 heterocycles. The van der Waals surface area contributed by atoms with E-state index >= 15 is 0 Å². The fraction of sp³-hybridized carbons (Fsp3) is 0.941. The lowest BCUT2D eigenvalue weighted by Gasteiger charge is -2.54. The van der Waals surface area contributed by atoms with Crippen LogP contribution in [0.3, 0.4) is 0 Å². The van der Waals surface area contributed by atoms with Crippen LogP contribution in [0, 0.1) is 5.21 Å². The van der Waals surface area contributed by atoms with Gasteiger partial charge < -0.3 is 15.0 Å². The first-order valence-electron chi connectivity index (χ1n) is 8.43. The van der Waals surface area contributed by atoms with Gasteiger partial charge in [0, 0.05) is 19.3 Å². The first kappa shape index (κ1) is 18.4. The predicted octanol–water partition coefficient (Wildman–Crippen LogP) is 2.99. The first-order valence-corrected chi connectivity index (χ1v) is 8.43. The highest BCUT2D eigenvalue weighted by atomic mass is 16.5. The van der Waals surface area contributed by atoms with E-state index in [9.17, 15) is 10.0 Å². The van der Waals surface area contributed by atoms with Crippen LogP contribution in [0.4, 0.5) is 0 Å². The molecule has 0 aromatic heterocycles. The van der Waals surface area contributed by atoms with E-state index in [1.165, 1.54) is 19.3 Å². The number of hydrogen-bond donors (Lipinski definition) is 1. The lowest BCUT2D eigenvalue weighted by atomic mass is 9.80. The number of piperidine rings is 1. The third-order valence-electron chi connectivity index (χ3n) is 4.49. The standard InChI is InChI=1S/C17H33NO3/c1-6-7-8-9-10-11-15(19)21-14-12-16(2,3)18(20)17(4,5)13-14/h14,18H,6-13H2,1-5H3. The van der Waals surface area contributed by atoms with Gasteiger partial charge >= 0.3 is 5.97 Å². The summed E-state index contributed by atoms with van der Waals surface area (Å²) in [5.74, 6) is -0.0996. The van der Waals surface area contributed by atoms with Gasteiger partial charge in [0.05, 0.1) is 11.1 Å². The summed E-state index contributed by atoms with van der Waals surface area (Å²) in [5.41, 5.74) is -0.790. The van der Waals surface area contributed by atoms with Crippen LogP contribution in [0.15, 0.2) is 0 Å². The van der Waals surface area contributed by atoms with E-state index < -0.39 is 11.1 Å². The third kappa shape index (κ3) is 5.59. The van der Waals surface area contributed by atoms with Crippen LogP contribution in [0.2, 0.25) is 0 Å². The molecule has 1 aliphatic rings. The Morgan fingerprint density at radius 1 is 1.10 bits per heavy atom.